The van der Waals surface area contributed by atoms with Gasteiger partial charge in [0.15, 0.2) is 11.5 Å². The van der Waals surface area contributed by atoms with Crippen LogP contribution in [0.5, 0.6) is 11.5 Å². The summed E-state index contributed by atoms with van der Waals surface area (Å²) >= 11 is 8.83. The summed E-state index contributed by atoms with van der Waals surface area (Å²) in [5.74, 6) is 0.897. The zero-order chi connectivity index (χ0) is 28.7. The first kappa shape index (κ1) is 27.7. The van der Waals surface area contributed by atoms with Gasteiger partial charge in [-0.25, -0.2) is 4.98 Å². The summed E-state index contributed by atoms with van der Waals surface area (Å²) in [7, 11) is 1.62. The highest BCUT2D eigenvalue weighted by atomic mass is 35.5. The number of imide groups is 1. The number of carbonyl (C=O) groups excluding carboxylic acids is 2. The number of amides is 2. The topological polar surface area (TPSA) is 72.0 Å². The van der Waals surface area contributed by atoms with Crippen molar-refractivity contribution >= 4 is 45.0 Å². The number of likely N-dealkylation sites (tertiary alicyclic amines) is 1. The summed E-state index contributed by atoms with van der Waals surface area (Å²) in [6.07, 6.45) is 1.33. The molecule has 0 bridgehead atoms. The highest BCUT2D eigenvalue weighted by molar-refractivity contribution is 7.19. The lowest BCUT2D eigenvalue weighted by atomic mass is 9.95. The minimum atomic E-state index is -0.187. The molecule has 0 N–H and O–H groups in total. The Morgan fingerprint density at radius 1 is 1.00 bits per heavy atom. The van der Waals surface area contributed by atoms with Crippen molar-refractivity contribution in [3.05, 3.63) is 75.3 Å². The summed E-state index contributed by atoms with van der Waals surface area (Å²) in [6, 6.07) is 16.4. The number of methoxy groups -OCH3 is 1. The van der Waals surface area contributed by atoms with Crippen molar-refractivity contribution in [2.75, 3.05) is 13.7 Å². The maximum Gasteiger partial charge on any atom is 0.230 e. The summed E-state index contributed by atoms with van der Waals surface area (Å²) < 4.78 is 11.7. The lowest BCUT2D eigenvalue weighted by Crippen LogP contribution is -2.29. The number of halogens is 1. The Kier molecular flexibility index (Phi) is 7.72. The van der Waals surface area contributed by atoms with Crippen LogP contribution in [0.3, 0.4) is 0 Å². The second-order valence-electron chi connectivity index (χ2n) is 10.8. The van der Waals surface area contributed by atoms with E-state index in [0.717, 1.165) is 47.4 Å². The molecule has 6 rings (SSSR count). The standard InChI is InChI=1S/C32H32ClN3O4S/c1-19(2)40-24-10-9-21(15-25(24)39-3)29-30-22-13-14-35(16-20-7-5-4-6-8-20)18-26(22)41-32(30)34-23(31(29)33)17-36-27(37)11-12-28(36)38/h4-10,15,19H,11-14,16-18H2,1-3H3. The molecule has 212 valence electrons. The zero-order valence-corrected chi connectivity index (χ0v) is 25.0. The third-order valence-electron chi connectivity index (χ3n) is 7.60. The molecule has 0 spiro atoms. The van der Waals surface area contributed by atoms with Crippen molar-refractivity contribution in [3.63, 3.8) is 0 Å². The minimum Gasteiger partial charge on any atom is -0.493 e. The summed E-state index contributed by atoms with van der Waals surface area (Å²) in [5.41, 5.74) is 4.81. The largest absolute Gasteiger partial charge is 0.493 e. The van der Waals surface area contributed by atoms with Gasteiger partial charge in [-0.05, 0) is 49.1 Å². The molecule has 1 saturated heterocycles. The maximum atomic E-state index is 12.5. The van der Waals surface area contributed by atoms with E-state index in [-0.39, 0.29) is 37.3 Å². The highest BCUT2D eigenvalue weighted by Crippen LogP contribution is 2.46. The molecule has 4 aromatic rings. The SMILES string of the molecule is COc1cc(-c2c(Cl)c(CN3C(=O)CCC3=O)nc3sc4c(c23)CCN(Cc2ccccc2)C4)ccc1OC(C)C. The monoisotopic (exact) mass is 589 g/mol. The first-order valence-electron chi connectivity index (χ1n) is 13.9. The lowest BCUT2D eigenvalue weighted by Gasteiger charge is -2.27. The van der Waals surface area contributed by atoms with Crippen LogP contribution in [-0.2, 0) is 35.6 Å². The van der Waals surface area contributed by atoms with Crippen LogP contribution >= 0.6 is 22.9 Å². The van der Waals surface area contributed by atoms with E-state index in [9.17, 15) is 9.59 Å². The molecule has 0 radical (unpaired) electrons. The third kappa shape index (κ3) is 5.44. The van der Waals surface area contributed by atoms with Gasteiger partial charge in [-0.2, -0.15) is 0 Å². The summed E-state index contributed by atoms with van der Waals surface area (Å²) in [6.45, 7) is 6.65. The van der Waals surface area contributed by atoms with Crippen molar-refractivity contribution in [3.8, 4) is 22.6 Å². The first-order chi connectivity index (χ1) is 19.8. The number of hydrogen-bond acceptors (Lipinski definition) is 7. The molecule has 1 fully saturated rings. The normalized spacial score (nSPS) is 15.7. The Hall–Kier alpha value is -3.46. The number of pyridine rings is 1. The zero-order valence-electron chi connectivity index (χ0n) is 23.4. The Bertz CT molecular complexity index is 1620. The number of aromatic nitrogens is 1. The third-order valence-corrected chi connectivity index (χ3v) is 9.12. The van der Waals surface area contributed by atoms with E-state index in [0.29, 0.717) is 22.2 Å². The molecule has 7 nitrogen and oxygen atoms in total. The molecule has 41 heavy (non-hydrogen) atoms. The van der Waals surface area contributed by atoms with Crippen molar-refractivity contribution < 1.29 is 19.1 Å². The van der Waals surface area contributed by atoms with Gasteiger partial charge in [0.2, 0.25) is 11.8 Å². The Balaban J connectivity index is 1.46. The number of nitrogens with zero attached hydrogens (tertiary/aromatic N) is 3. The van der Waals surface area contributed by atoms with E-state index in [1.165, 1.54) is 20.9 Å². The number of thiophene rings is 1. The summed E-state index contributed by atoms with van der Waals surface area (Å²) in [4.78, 5) is 35.8. The van der Waals surface area contributed by atoms with Crippen LogP contribution in [0, 0.1) is 0 Å². The van der Waals surface area contributed by atoms with Crippen LogP contribution in [0.1, 0.15) is 48.4 Å². The Morgan fingerprint density at radius 3 is 2.46 bits per heavy atom. The first-order valence-corrected chi connectivity index (χ1v) is 15.1. The molecular formula is C32H32ClN3O4S. The quantitative estimate of drug-likeness (QED) is 0.215. The molecule has 2 aromatic heterocycles. The smallest absolute Gasteiger partial charge is 0.230 e. The van der Waals surface area contributed by atoms with Crippen LogP contribution < -0.4 is 9.47 Å². The number of carbonyl (C=O) groups is 2. The molecule has 2 aliphatic heterocycles. The molecule has 9 heteroatoms. The van der Waals surface area contributed by atoms with Gasteiger partial charge < -0.3 is 9.47 Å². The van der Waals surface area contributed by atoms with Crippen molar-refractivity contribution in [1.29, 1.82) is 0 Å². The maximum absolute atomic E-state index is 12.5. The number of benzene rings is 2. The number of hydrogen-bond donors (Lipinski definition) is 0. The van der Waals surface area contributed by atoms with Gasteiger partial charge in [0.25, 0.3) is 0 Å². The van der Waals surface area contributed by atoms with Gasteiger partial charge in [0.05, 0.1) is 30.5 Å². The minimum absolute atomic E-state index is 0.00386. The number of ether oxygens (including phenoxy) is 2. The summed E-state index contributed by atoms with van der Waals surface area (Å²) in [5, 5.41) is 1.49. The lowest BCUT2D eigenvalue weighted by molar-refractivity contribution is -0.139. The van der Waals surface area contributed by atoms with Crippen molar-refractivity contribution in [2.24, 2.45) is 0 Å². The molecule has 2 aliphatic rings. The van der Waals surface area contributed by atoms with Gasteiger partial charge in [-0.15, -0.1) is 11.3 Å². The fourth-order valence-corrected chi connectivity index (χ4v) is 7.28. The molecule has 0 atom stereocenters. The van der Waals surface area contributed by atoms with Crippen molar-refractivity contribution in [2.45, 2.75) is 58.8 Å². The van der Waals surface area contributed by atoms with Gasteiger partial charge in [0, 0.05) is 48.3 Å². The number of fused-ring (bicyclic) bond motifs is 3. The van der Waals surface area contributed by atoms with Gasteiger partial charge >= 0.3 is 0 Å². The molecule has 4 heterocycles. The van der Waals surface area contributed by atoms with E-state index in [4.69, 9.17) is 26.1 Å². The van der Waals surface area contributed by atoms with Gasteiger partial charge in [-0.1, -0.05) is 48.0 Å². The van der Waals surface area contributed by atoms with Crippen LogP contribution in [0.2, 0.25) is 5.02 Å². The predicted octanol–water partition coefficient (Wildman–Crippen LogP) is 6.62. The van der Waals surface area contributed by atoms with E-state index < -0.39 is 0 Å². The predicted molar refractivity (Wildman–Crippen MR) is 161 cm³/mol. The van der Waals surface area contributed by atoms with Gasteiger partial charge in [-0.3, -0.25) is 19.4 Å². The van der Waals surface area contributed by atoms with Crippen LogP contribution in [0.15, 0.2) is 48.5 Å². The fraction of sp³-hybridized carbons (Fsp3) is 0.344. The highest BCUT2D eigenvalue weighted by Gasteiger charge is 2.32. The van der Waals surface area contributed by atoms with Crippen LogP contribution in [0.25, 0.3) is 21.3 Å². The average molecular weight is 590 g/mol. The molecule has 0 aliphatic carbocycles. The molecule has 0 unspecified atom stereocenters. The average Bonchev–Trinajstić information content (AvgIpc) is 3.48. The van der Waals surface area contributed by atoms with Crippen molar-refractivity contribution in [1.82, 2.24) is 14.8 Å². The van der Waals surface area contributed by atoms with Crippen LogP contribution in [-0.4, -0.2) is 46.4 Å². The molecular weight excluding hydrogens is 558 g/mol. The molecule has 0 saturated carbocycles. The van der Waals surface area contributed by atoms with E-state index in [1.54, 1.807) is 18.4 Å². The molecule has 2 aromatic carbocycles. The van der Waals surface area contributed by atoms with E-state index in [1.807, 2.05) is 38.1 Å². The van der Waals surface area contributed by atoms with Crippen LogP contribution in [0.4, 0.5) is 0 Å². The second-order valence-corrected chi connectivity index (χ2v) is 12.2. The second kappa shape index (κ2) is 11.4. The van der Waals surface area contributed by atoms with Gasteiger partial charge in [0.1, 0.15) is 4.83 Å². The molecule has 2 amide bonds. The number of rotatable bonds is 8. The Morgan fingerprint density at radius 2 is 1.76 bits per heavy atom. The van der Waals surface area contributed by atoms with E-state index >= 15 is 0 Å². The Labute approximate surface area is 248 Å². The van der Waals surface area contributed by atoms with E-state index in [2.05, 4.69) is 29.2 Å². The fourth-order valence-electron chi connectivity index (χ4n) is 5.68.